The van der Waals surface area contributed by atoms with Crippen molar-refractivity contribution >= 4 is 22.4 Å². The van der Waals surface area contributed by atoms with Gasteiger partial charge in [0.1, 0.15) is 5.75 Å². The number of aliphatic carboxylic acids is 1. The lowest BCUT2D eigenvalue weighted by molar-refractivity contribution is -0.136. The van der Waals surface area contributed by atoms with Crippen molar-refractivity contribution in [3.8, 4) is 17.0 Å². The van der Waals surface area contributed by atoms with Crippen LogP contribution in [0.4, 0.5) is 5.13 Å². The van der Waals surface area contributed by atoms with Crippen LogP contribution in [-0.4, -0.2) is 35.8 Å². The van der Waals surface area contributed by atoms with Gasteiger partial charge in [-0.3, -0.25) is 4.79 Å². The Hall–Kier alpha value is -2.08. The van der Waals surface area contributed by atoms with Gasteiger partial charge in [-0.15, -0.1) is 11.3 Å². The number of anilines is 1. The minimum atomic E-state index is -0.823. The highest BCUT2D eigenvalue weighted by molar-refractivity contribution is 7.16. The number of carboxylic acids is 1. The van der Waals surface area contributed by atoms with Crippen LogP contribution in [0.3, 0.4) is 0 Å². The van der Waals surface area contributed by atoms with E-state index in [0.29, 0.717) is 6.61 Å². The Balaban J connectivity index is 2.00. The molecule has 1 aromatic carbocycles. The molecule has 24 heavy (non-hydrogen) atoms. The summed E-state index contributed by atoms with van der Waals surface area (Å²) in [7, 11) is 0. The van der Waals surface area contributed by atoms with Gasteiger partial charge < -0.3 is 14.7 Å². The van der Waals surface area contributed by atoms with Crippen molar-refractivity contribution in [2.24, 2.45) is 0 Å². The van der Waals surface area contributed by atoms with E-state index in [0.717, 1.165) is 45.7 Å². The Morgan fingerprint density at radius 2 is 2.12 bits per heavy atom. The molecule has 1 aliphatic rings. The summed E-state index contributed by atoms with van der Waals surface area (Å²) in [5, 5.41) is 10.2. The second-order valence-corrected chi connectivity index (χ2v) is 7.00. The molecular formula is C18H22N2O3S. The summed E-state index contributed by atoms with van der Waals surface area (Å²) in [6.45, 7) is 6.59. The van der Waals surface area contributed by atoms with Crippen LogP contribution in [0.1, 0.15) is 30.2 Å². The molecule has 6 heteroatoms. The fraction of sp³-hybridized carbons (Fsp3) is 0.444. The van der Waals surface area contributed by atoms with Gasteiger partial charge in [0.25, 0.3) is 0 Å². The standard InChI is InChI=1S/C18H22N2O3S/c1-3-23-13-6-7-14(12(2)10-13)17-15(11-16(21)22)24-18(19-17)20-8-4-5-9-20/h6-7,10H,3-5,8-9,11H2,1-2H3,(H,21,22). The summed E-state index contributed by atoms with van der Waals surface area (Å²) in [5.74, 6) is 0.00462. The molecular weight excluding hydrogens is 324 g/mol. The van der Waals surface area contributed by atoms with Gasteiger partial charge in [0.05, 0.1) is 18.7 Å². The molecule has 1 fully saturated rings. The summed E-state index contributed by atoms with van der Waals surface area (Å²) in [5.41, 5.74) is 2.83. The molecule has 0 radical (unpaired) electrons. The smallest absolute Gasteiger partial charge is 0.308 e. The average molecular weight is 346 g/mol. The van der Waals surface area contributed by atoms with Crippen molar-refractivity contribution in [1.29, 1.82) is 0 Å². The fourth-order valence-electron chi connectivity index (χ4n) is 3.01. The second kappa shape index (κ2) is 7.21. The first kappa shape index (κ1) is 16.8. The van der Waals surface area contributed by atoms with E-state index in [-0.39, 0.29) is 6.42 Å². The SMILES string of the molecule is CCOc1ccc(-c2nc(N3CCCC3)sc2CC(=O)O)c(C)c1. The van der Waals surface area contributed by atoms with Gasteiger partial charge in [0, 0.05) is 23.5 Å². The largest absolute Gasteiger partial charge is 0.494 e. The Morgan fingerprint density at radius 3 is 2.75 bits per heavy atom. The Morgan fingerprint density at radius 1 is 1.38 bits per heavy atom. The lowest BCUT2D eigenvalue weighted by Crippen LogP contribution is -2.17. The number of aryl methyl sites for hydroxylation is 1. The van der Waals surface area contributed by atoms with Crippen molar-refractivity contribution in [2.45, 2.75) is 33.1 Å². The zero-order chi connectivity index (χ0) is 17.1. The van der Waals surface area contributed by atoms with Crippen LogP contribution >= 0.6 is 11.3 Å². The number of thiazole rings is 1. The normalized spacial score (nSPS) is 14.2. The molecule has 0 bridgehead atoms. The number of nitrogens with zero attached hydrogens (tertiary/aromatic N) is 2. The fourth-order valence-corrected chi connectivity index (χ4v) is 4.13. The molecule has 0 amide bonds. The predicted molar refractivity (Wildman–Crippen MR) is 96.2 cm³/mol. The first-order chi connectivity index (χ1) is 11.6. The molecule has 0 spiro atoms. The molecule has 1 saturated heterocycles. The number of aromatic nitrogens is 1. The van der Waals surface area contributed by atoms with Gasteiger partial charge in [-0.25, -0.2) is 4.98 Å². The molecule has 0 atom stereocenters. The number of carbonyl (C=O) groups is 1. The molecule has 2 heterocycles. The first-order valence-corrected chi connectivity index (χ1v) is 9.10. The highest BCUT2D eigenvalue weighted by atomic mass is 32.1. The molecule has 0 saturated carbocycles. The average Bonchev–Trinajstić information content (AvgIpc) is 3.17. The van der Waals surface area contributed by atoms with Crippen LogP contribution in [0.2, 0.25) is 0 Å². The molecule has 0 aliphatic carbocycles. The van der Waals surface area contributed by atoms with E-state index in [1.807, 2.05) is 32.0 Å². The van der Waals surface area contributed by atoms with Gasteiger partial charge in [-0.1, -0.05) is 0 Å². The lowest BCUT2D eigenvalue weighted by Gasteiger charge is -2.12. The molecule has 1 N–H and O–H groups in total. The van der Waals surface area contributed by atoms with Gasteiger partial charge in [0.15, 0.2) is 5.13 Å². The summed E-state index contributed by atoms with van der Waals surface area (Å²) >= 11 is 1.51. The van der Waals surface area contributed by atoms with E-state index in [1.54, 1.807) is 0 Å². The Bertz CT molecular complexity index is 736. The Labute approximate surface area is 145 Å². The van der Waals surface area contributed by atoms with Gasteiger partial charge in [-0.05, 0) is 50.5 Å². The van der Waals surface area contributed by atoms with E-state index in [2.05, 4.69) is 4.90 Å². The van der Waals surface area contributed by atoms with E-state index in [9.17, 15) is 9.90 Å². The number of hydrogen-bond acceptors (Lipinski definition) is 5. The van der Waals surface area contributed by atoms with E-state index in [4.69, 9.17) is 9.72 Å². The number of hydrogen-bond donors (Lipinski definition) is 1. The third-order valence-corrected chi connectivity index (χ3v) is 5.25. The molecule has 128 valence electrons. The van der Waals surface area contributed by atoms with Crippen molar-refractivity contribution in [3.05, 3.63) is 28.6 Å². The van der Waals surface area contributed by atoms with Crippen LogP contribution in [0.25, 0.3) is 11.3 Å². The summed E-state index contributed by atoms with van der Waals surface area (Å²) in [6, 6.07) is 5.89. The summed E-state index contributed by atoms with van der Waals surface area (Å²) in [4.78, 5) is 19.1. The van der Waals surface area contributed by atoms with E-state index >= 15 is 0 Å². The molecule has 3 rings (SSSR count). The van der Waals surface area contributed by atoms with Crippen LogP contribution < -0.4 is 9.64 Å². The van der Waals surface area contributed by atoms with Crippen LogP contribution in [-0.2, 0) is 11.2 Å². The number of rotatable bonds is 6. The topological polar surface area (TPSA) is 62.7 Å². The molecule has 0 unspecified atom stereocenters. The minimum Gasteiger partial charge on any atom is -0.494 e. The van der Waals surface area contributed by atoms with Crippen LogP contribution in [0.5, 0.6) is 5.75 Å². The lowest BCUT2D eigenvalue weighted by atomic mass is 10.0. The zero-order valence-electron chi connectivity index (χ0n) is 14.0. The van der Waals surface area contributed by atoms with E-state index < -0.39 is 5.97 Å². The van der Waals surface area contributed by atoms with E-state index in [1.165, 1.54) is 24.2 Å². The van der Waals surface area contributed by atoms with Crippen molar-refractivity contribution in [2.75, 3.05) is 24.6 Å². The van der Waals surface area contributed by atoms with Crippen molar-refractivity contribution < 1.29 is 14.6 Å². The van der Waals surface area contributed by atoms with Gasteiger partial charge in [-0.2, -0.15) is 0 Å². The van der Waals surface area contributed by atoms with Gasteiger partial charge >= 0.3 is 5.97 Å². The monoisotopic (exact) mass is 346 g/mol. The highest BCUT2D eigenvalue weighted by Crippen LogP contribution is 2.37. The molecule has 1 aromatic heterocycles. The molecule has 5 nitrogen and oxygen atoms in total. The summed E-state index contributed by atoms with van der Waals surface area (Å²) in [6.07, 6.45) is 2.35. The third-order valence-electron chi connectivity index (χ3n) is 4.14. The number of carboxylic acid groups (broad SMARTS) is 1. The van der Waals surface area contributed by atoms with Crippen molar-refractivity contribution in [3.63, 3.8) is 0 Å². The maximum Gasteiger partial charge on any atom is 0.308 e. The summed E-state index contributed by atoms with van der Waals surface area (Å²) < 4.78 is 5.54. The third kappa shape index (κ3) is 3.53. The maximum atomic E-state index is 11.3. The Kier molecular flexibility index (Phi) is 5.04. The molecule has 2 aromatic rings. The van der Waals surface area contributed by atoms with Crippen LogP contribution in [0, 0.1) is 6.92 Å². The first-order valence-electron chi connectivity index (χ1n) is 8.28. The second-order valence-electron chi connectivity index (χ2n) is 5.94. The zero-order valence-corrected chi connectivity index (χ0v) is 14.9. The number of benzene rings is 1. The highest BCUT2D eigenvalue weighted by Gasteiger charge is 2.22. The minimum absolute atomic E-state index is 0.00743. The van der Waals surface area contributed by atoms with Gasteiger partial charge in [0.2, 0.25) is 0 Å². The predicted octanol–water partition coefficient (Wildman–Crippen LogP) is 3.74. The molecule has 1 aliphatic heterocycles. The van der Waals surface area contributed by atoms with Crippen LogP contribution in [0.15, 0.2) is 18.2 Å². The maximum absolute atomic E-state index is 11.3. The quantitative estimate of drug-likeness (QED) is 0.863. The number of ether oxygens (including phenoxy) is 1. The van der Waals surface area contributed by atoms with Crippen molar-refractivity contribution in [1.82, 2.24) is 4.98 Å².